The number of nitro benzene ring substituents is 1. The third-order valence-corrected chi connectivity index (χ3v) is 4.61. The number of aromatic amines is 2. The van der Waals surface area contributed by atoms with E-state index in [1.165, 1.54) is 6.07 Å². The molecule has 0 aliphatic heterocycles. The summed E-state index contributed by atoms with van der Waals surface area (Å²) in [6.45, 7) is 1.74. The third kappa shape index (κ3) is 2.60. The van der Waals surface area contributed by atoms with Gasteiger partial charge in [0.05, 0.1) is 22.2 Å². The Balaban J connectivity index is 1.88. The summed E-state index contributed by atoms with van der Waals surface area (Å²) in [6, 6.07) is 10.8. The van der Waals surface area contributed by atoms with Gasteiger partial charge < -0.3 is 4.98 Å². The Morgan fingerprint density at radius 2 is 2.04 bits per heavy atom. The van der Waals surface area contributed by atoms with Gasteiger partial charge in [0.1, 0.15) is 5.69 Å². The van der Waals surface area contributed by atoms with Crippen molar-refractivity contribution in [3.8, 4) is 22.6 Å². The lowest BCUT2D eigenvalue weighted by Crippen LogP contribution is -1.94. The van der Waals surface area contributed by atoms with Gasteiger partial charge in [0.25, 0.3) is 5.69 Å². The first-order valence-corrected chi connectivity index (χ1v) is 8.27. The molecular formula is C17H12BrN5O2. The minimum absolute atomic E-state index is 0.0817. The molecule has 0 saturated carbocycles. The molecule has 2 aromatic carbocycles. The van der Waals surface area contributed by atoms with Gasteiger partial charge in [-0.3, -0.25) is 15.2 Å². The first-order valence-electron chi connectivity index (χ1n) is 7.48. The SMILES string of the molecule is Cc1c(-c2cn[nH]c2-c2nc3ccc(Br)cc3[nH]2)cccc1[N+](=O)[O-]. The molecule has 4 rings (SSSR count). The van der Waals surface area contributed by atoms with Crippen molar-refractivity contribution in [3.05, 3.63) is 62.7 Å². The Morgan fingerprint density at radius 3 is 2.84 bits per heavy atom. The molecule has 0 fully saturated rings. The van der Waals surface area contributed by atoms with E-state index in [1.807, 2.05) is 24.3 Å². The number of nitrogens with one attached hydrogen (secondary N) is 2. The van der Waals surface area contributed by atoms with Gasteiger partial charge in [0, 0.05) is 21.7 Å². The number of hydrogen-bond acceptors (Lipinski definition) is 4. The van der Waals surface area contributed by atoms with Crippen LogP contribution in [0.15, 0.2) is 47.1 Å². The Morgan fingerprint density at radius 1 is 1.20 bits per heavy atom. The number of benzene rings is 2. The van der Waals surface area contributed by atoms with E-state index in [2.05, 4.69) is 36.1 Å². The summed E-state index contributed by atoms with van der Waals surface area (Å²) < 4.78 is 0.953. The summed E-state index contributed by atoms with van der Waals surface area (Å²) in [5.74, 6) is 0.631. The van der Waals surface area contributed by atoms with E-state index < -0.39 is 0 Å². The van der Waals surface area contributed by atoms with Crippen molar-refractivity contribution in [1.82, 2.24) is 20.2 Å². The van der Waals surface area contributed by atoms with Crippen LogP contribution in [0.4, 0.5) is 5.69 Å². The molecule has 0 aliphatic rings. The fourth-order valence-corrected chi connectivity index (χ4v) is 3.25. The molecule has 25 heavy (non-hydrogen) atoms. The number of nitro groups is 1. The molecular weight excluding hydrogens is 386 g/mol. The number of rotatable bonds is 3. The fraction of sp³-hybridized carbons (Fsp3) is 0.0588. The molecule has 124 valence electrons. The van der Waals surface area contributed by atoms with Crippen LogP contribution in [0.25, 0.3) is 33.7 Å². The number of nitrogens with zero attached hydrogens (tertiary/aromatic N) is 3. The summed E-state index contributed by atoms with van der Waals surface area (Å²) in [7, 11) is 0. The molecule has 0 atom stereocenters. The molecule has 0 amide bonds. The number of aromatic nitrogens is 4. The minimum atomic E-state index is -0.378. The zero-order chi connectivity index (χ0) is 17.6. The van der Waals surface area contributed by atoms with E-state index in [0.29, 0.717) is 17.1 Å². The van der Waals surface area contributed by atoms with Gasteiger partial charge in [-0.2, -0.15) is 5.10 Å². The van der Waals surface area contributed by atoms with E-state index in [-0.39, 0.29) is 10.6 Å². The van der Waals surface area contributed by atoms with Crippen LogP contribution in [0.5, 0.6) is 0 Å². The van der Waals surface area contributed by atoms with Crippen molar-refractivity contribution < 1.29 is 4.92 Å². The van der Waals surface area contributed by atoms with E-state index in [4.69, 9.17) is 0 Å². The van der Waals surface area contributed by atoms with Gasteiger partial charge >= 0.3 is 0 Å². The molecule has 4 aromatic rings. The number of fused-ring (bicyclic) bond motifs is 1. The van der Waals surface area contributed by atoms with Gasteiger partial charge in [-0.05, 0) is 30.7 Å². The number of hydrogen-bond donors (Lipinski definition) is 2. The fourth-order valence-electron chi connectivity index (χ4n) is 2.88. The van der Waals surface area contributed by atoms with Gasteiger partial charge in [-0.1, -0.05) is 28.1 Å². The Labute approximate surface area is 150 Å². The first kappa shape index (κ1) is 15.5. The lowest BCUT2D eigenvalue weighted by molar-refractivity contribution is -0.385. The summed E-state index contributed by atoms with van der Waals surface area (Å²) in [5, 5.41) is 18.3. The van der Waals surface area contributed by atoms with E-state index in [1.54, 1.807) is 19.2 Å². The molecule has 7 nitrogen and oxygen atoms in total. The second-order valence-corrected chi connectivity index (χ2v) is 6.53. The Kier molecular flexibility index (Phi) is 3.61. The monoisotopic (exact) mass is 397 g/mol. The second-order valence-electron chi connectivity index (χ2n) is 5.61. The highest BCUT2D eigenvalue weighted by Crippen LogP contribution is 2.35. The van der Waals surface area contributed by atoms with Crippen LogP contribution in [0, 0.1) is 17.0 Å². The highest BCUT2D eigenvalue weighted by molar-refractivity contribution is 9.10. The van der Waals surface area contributed by atoms with Crippen LogP contribution in [-0.2, 0) is 0 Å². The zero-order valence-corrected chi connectivity index (χ0v) is 14.7. The van der Waals surface area contributed by atoms with E-state index in [9.17, 15) is 10.1 Å². The normalized spacial score (nSPS) is 11.1. The molecule has 0 radical (unpaired) electrons. The van der Waals surface area contributed by atoms with E-state index in [0.717, 1.165) is 26.6 Å². The molecule has 0 aliphatic carbocycles. The molecule has 2 N–H and O–H groups in total. The van der Waals surface area contributed by atoms with Gasteiger partial charge in [0.15, 0.2) is 5.82 Å². The molecule has 0 spiro atoms. The second kappa shape index (κ2) is 5.82. The number of halogens is 1. The quantitative estimate of drug-likeness (QED) is 0.389. The highest BCUT2D eigenvalue weighted by atomic mass is 79.9. The summed E-state index contributed by atoms with van der Waals surface area (Å²) in [4.78, 5) is 18.7. The van der Waals surface area contributed by atoms with Crippen molar-refractivity contribution in [1.29, 1.82) is 0 Å². The molecule has 8 heteroatoms. The molecule has 2 heterocycles. The molecule has 0 bridgehead atoms. The van der Waals surface area contributed by atoms with Crippen molar-refractivity contribution in [2.75, 3.05) is 0 Å². The minimum Gasteiger partial charge on any atom is -0.337 e. The Bertz CT molecular complexity index is 1120. The summed E-state index contributed by atoms with van der Waals surface area (Å²) in [6.07, 6.45) is 1.66. The largest absolute Gasteiger partial charge is 0.337 e. The molecule has 2 aromatic heterocycles. The van der Waals surface area contributed by atoms with Crippen LogP contribution in [-0.4, -0.2) is 25.1 Å². The zero-order valence-electron chi connectivity index (χ0n) is 13.1. The maximum Gasteiger partial charge on any atom is 0.272 e. The third-order valence-electron chi connectivity index (χ3n) is 4.11. The summed E-state index contributed by atoms with van der Waals surface area (Å²) in [5.41, 5.74) is 4.59. The van der Waals surface area contributed by atoms with Gasteiger partial charge in [0.2, 0.25) is 0 Å². The average Bonchev–Trinajstić information content (AvgIpc) is 3.20. The first-order chi connectivity index (χ1) is 12.0. The highest BCUT2D eigenvalue weighted by Gasteiger charge is 2.19. The average molecular weight is 398 g/mol. The predicted octanol–water partition coefficient (Wildman–Crippen LogP) is 4.60. The van der Waals surface area contributed by atoms with Crippen LogP contribution in [0.1, 0.15) is 5.56 Å². The topological polar surface area (TPSA) is 100 Å². The number of imidazole rings is 1. The van der Waals surface area contributed by atoms with Crippen molar-refractivity contribution in [2.24, 2.45) is 0 Å². The smallest absolute Gasteiger partial charge is 0.272 e. The van der Waals surface area contributed by atoms with Crippen molar-refractivity contribution in [3.63, 3.8) is 0 Å². The van der Waals surface area contributed by atoms with Crippen LogP contribution < -0.4 is 0 Å². The maximum atomic E-state index is 11.2. The van der Waals surface area contributed by atoms with Gasteiger partial charge in [-0.15, -0.1) is 0 Å². The maximum absolute atomic E-state index is 11.2. The van der Waals surface area contributed by atoms with Crippen molar-refractivity contribution >= 4 is 32.7 Å². The lowest BCUT2D eigenvalue weighted by atomic mass is 9.99. The molecule has 0 saturated heterocycles. The standard InChI is InChI=1S/C17H12BrN5O2/c1-9-11(3-2-4-15(9)23(24)25)12-8-19-22-16(12)17-20-13-6-5-10(18)7-14(13)21-17/h2-8H,1H3,(H,19,22)(H,20,21). The summed E-state index contributed by atoms with van der Waals surface area (Å²) >= 11 is 3.44. The molecule has 0 unspecified atom stereocenters. The van der Waals surface area contributed by atoms with Crippen LogP contribution in [0.3, 0.4) is 0 Å². The Hall–Kier alpha value is -3.00. The van der Waals surface area contributed by atoms with Crippen molar-refractivity contribution in [2.45, 2.75) is 6.92 Å². The lowest BCUT2D eigenvalue weighted by Gasteiger charge is -2.06. The van der Waals surface area contributed by atoms with Crippen LogP contribution in [0.2, 0.25) is 0 Å². The van der Waals surface area contributed by atoms with E-state index >= 15 is 0 Å². The van der Waals surface area contributed by atoms with Crippen LogP contribution >= 0.6 is 15.9 Å². The van der Waals surface area contributed by atoms with Gasteiger partial charge in [-0.25, -0.2) is 4.98 Å². The predicted molar refractivity (Wildman–Crippen MR) is 98.2 cm³/mol. The number of H-pyrrole nitrogens is 2.